The summed E-state index contributed by atoms with van der Waals surface area (Å²) in [5, 5.41) is 8.76. The van der Waals surface area contributed by atoms with Gasteiger partial charge < -0.3 is 9.84 Å². The highest BCUT2D eigenvalue weighted by Gasteiger charge is 2.17. The zero-order valence-corrected chi connectivity index (χ0v) is 19.2. The van der Waals surface area contributed by atoms with E-state index in [1.54, 1.807) is 0 Å². The van der Waals surface area contributed by atoms with Gasteiger partial charge in [-0.2, -0.15) is 0 Å². The summed E-state index contributed by atoms with van der Waals surface area (Å²) in [4.78, 5) is 12.0. The molecule has 0 fully saturated rings. The molecule has 0 rings (SSSR count). The van der Waals surface area contributed by atoms with Gasteiger partial charge in [-0.15, -0.1) is 0 Å². The van der Waals surface area contributed by atoms with E-state index in [2.05, 4.69) is 6.92 Å². The number of carbonyl (C=O) groups is 1. The van der Waals surface area contributed by atoms with Crippen LogP contribution in [0.15, 0.2) is 0 Å². The minimum Gasteiger partial charge on any atom is -0.469 e. The van der Waals surface area contributed by atoms with Crippen LogP contribution in [-0.4, -0.2) is 24.8 Å². The molecule has 0 aliphatic carbocycles. The minimum absolute atomic E-state index is 0.00539. The third kappa shape index (κ3) is 18.8. The van der Waals surface area contributed by atoms with Gasteiger partial charge >= 0.3 is 5.97 Å². The third-order valence-electron chi connectivity index (χ3n) is 5.90. The molecule has 1 atom stereocenters. The molecule has 0 heterocycles. The quantitative estimate of drug-likeness (QED) is 0.151. The van der Waals surface area contributed by atoms with E-state index < -0.39 is 0 Å². The third-order valence-corrected chi connectivity index (χ3v) is 5.90. The molecule has 1 N–H and O–H groups in total. The number of aliphatic hydroxyl groups is 1. The summed E-state index contributed by atoms with van der Waals surface area (Å²) in [6.07, 6.45) is 24.9. The molecular weight excluding hydrogens is 348 g/mol. The summed E-state index contributed by atoms with van der Waals surface area (Å²) in [5.74, 6) is 0.127. The molecule has 1 unspecified atom stereocenters. The lowest BCUT2D eigenvalue weighted by molar-refractivity contribution is -0.146. The van der Waals surface area contributed by atoms with Crippen LogP contribution in [-0.2, 0) is 9.53 Å². The first-order valence-corrected chi connectivity index (χ1v) is 12.4. The fraction of sp³-hybridized carbons (Fsp3) is 0.960. The van der Waals surface area contributed by atoms with E-state index in [1.165, 1.54) is 110 Å². The zero-order chi connectivity index (χ0) is 20.7. The molecule has 0 amide bonds. The van der Waals surface area contributed by atoms with Crippen LogP contribution in [0.4, 0.5) is 0 Å². The summed E-state index contributed by atoms with van der Waals surface area (Å²) < 4.78 is 5.03. The number of esters is 1. The first-order chi connectivity index (χ1) is 13.8. The van der Waals surface area contributed by atoms with Crippen molar-refractivity contribution >= 4 is 5.97 Å². The van der Waals surface area contributed by atoms with E-state index in [-0.39, 0.29) is 11.9 Å². The first kappa shape index (κ1) is 27.4. The molecule has 0 saturated heterocycles. The number of hydrogen-bond acceptors (Lipinski definition) is 3. The molecule has 0 aromatic rings. The lowest BCUT2D eigenvalue weighted by Gasteiger charge is -2.14. The van der Waals surface area contributed by atoms with Crippen molar-refractivity contribution in [1.82, 2.24) is 0 Å². The monoisotopic (exact) mass is 398 g/mol. The smallest absolute Gasteiger partial charge is 0.308 e. The molecule has 28 heavy (non-hydrogen) atoms. The average molecular weight is 399 g/mol. The van der Waals surface area contributed by atoms with Gasteiger partial charge in [0.1, 0.15) is 0 Å². The minimum atomic E-state index is 0.00539. The second-order valence-corrected chi connectivity index (χ2v) is 8.53. The highest BCUT2D eigenvalue weighted by atomic mass is 16.5. The number of unbranched alkanes of at least 4 members (excludes halogenated alkanes) is 16. The predicted molar refractivity (Wildman–Crippen MR) is 121 cm³/mol. The summed E-state index contributed by atoms with van der Waals surface area (Å²) in [5.41, 5.74) is 0. The highest BCUT2D eigenvalue weighted by molar-refractivity contribution is 5.72. The Balaban J connectivity index is 3.59. The standard InChI is InChI=1S/C25H50O3/c1-3-4-5-6-7-12-15-18-21-24(25(27)28-2)22-19-16-13-10-8-9-11-14-17-20-23-26/h24,26H,3-23H2,1-2H3. The second-order valence-electron chi connectivity index (χ2n) is 8.53. The molecular formula is C25H50O3. The van der Waals surface area contributed by atoms with E-state index in [4.69, 9.17) is 9.84 Å². The topological polar surface area (TPSA) is 46.5 Å². The van der Waals surface area contributed by atoms with Gasteiger partial charge in [-0.25, -0.2) is 0 Å². The van der Waals surface area contributed by atoms with Crippen molar-refractivity contribution in [3.63, 3.8) is 0 Å². The van der Waals surface area contributed by atoms with Crippen LogP contribution in [0, 0.1) is 5.92 Å². The van der Waals surface area contributed by atoms with Crippen molar-refractivity contribution in [3.05, 3.63) is 0 Å². The van der Waals surface area contributed by atoms with Crippen molar-refractivity contribution < 1.29 is 14.6 Å². The van der Waals surface area contributed by atoms with E-state index >= 15 is 0 Å². The number of hydrogen-bond donors (Lipinski definition) is 1. The van der Waals surface area contributed by atoms with Gasteiger partial charge in [0.15, 0.2) is 0 Å². The number of rotatable bonds is 22. The van der Waals surface area contributed by atoms with E-state index in [9.17, 15) is 4.79 Å². The normalized spacial score (nSPS) is 12.2. The zero-order valence-electron chi connectivity index (χ0n) is 19.2. The van der Waals surface area contributed by atoms with Crippen LogP contribution in [0.25, 0.3) is 0 Å². The van der Waals surface area contributed by atoms with Crippen molar-refractivity contribution in [2.24, 2.45) is 5.92 Å². The summed E-state index contributed by atoms with van der Waals surface area (Å²) in [6.45, 7) is 2.60. The maximum absolute atomic E-state index is 12.0. The molecule has 0 radical (unpaired) electrons. The van der Waals surface area contributed by atoms with Crippen LogP contribution in [0.1, 0.15) is 135 Å². The largest absolute Gasteiger partial charge is 0.469 e. The van der Waals surface area contributed by atoms with E-state index in [0.717, 1.165) is 25.7 Å². The Morgan fingerprint density at radius 1 is 0.643 bits per heavy atom. The maximum atomic E-state index is 12.0. The molecule has 0 aromatic carbocycles. The molecule has 0 aliphatic rings. The Morgan fingerprint density at radius 3 is 1.36 bits per heavy atom. The van der Waals surface area contributed by atoms with Gasteiger partial charge in [0.25, 0.3) is 0 Å². The molecule has 0 aliphatic heterocycles. The maximum Gasteiger partial charge on any atom is 0.308 e. The Hall–Kier alpha value is -0.570. The van der Waals surface area contributed by atoms with Gasteiger partial charge in [-0.1, -0.05) is 116 Å². The fourth-order valence-electron chi connectivity index (χ4n) is 3.99. The van der Waals surface area contributed by atoms with Crippen LogP contribution < -0.4 is 0 Å². The number of carbonyl (C=O) groups excluding carboxylic acids is 1. The molecule has 0 saturated carbocycles. The van der Waals surface area contributed by atoms with Gasteiger partial charge in [0.05, 0.1) is 13.0 Å². The summed E-state index contributed by atoms with van der Waals surface area (Å²) in [7, 11) is 1.53. The Kier molecular flexibility index (Phi) is 22.3. The highest BCUT2D eigenvalue weighted by Crippen LogP contribution is 2.21. The SMILES string of the molecule is CCCCCCCCCCC(CCCCCCCCCCCCO)C(=O)OC. The predicted octanol–water partition coefficient (Wildman–Crippen LogP) is 7.59. The van der Waals surface area contributed by atoms with Gasteiger partial charge in [-0.3, -0.25) is 4.79 Å². The van der Waals surface area contributed by atoms with Gasteiger partial charge in [0, 0.05) is 6.61 Å². The van der Waals surface area contributed by atoms with Gasteiger partial charge in [0.2, 0.25) is 0 Å². The second kappa shape index (κ2) is 22.7. The Bertz CT molecular complexity index is 317. The molecule has 0 spiro atoms. The Morgan fingerprint density at radius 2 is 1.00 bits per heavy atom. The molecule has 0 aromatic heterocycles. The molecule has 3 heteroatoms. The summed E-state index contributed by atoms with van der Waals surface area (Å²) in [6, 6.07) is 0. The first-order valence-electron chi connectivity index (χ1n) is 12.4. The van der Waals surface area contributed by atoms with Crippen LogP contribution >= 0.6 is 0 Å². The van der Waals surface area contributed by atoms with E-state index in [1.807, 2.05) is 0 Å². The van der Waals surface area contributed by atoms with Crippen molar-refractivity contribution in [3.8, 4) is 0 Å². The number of aliphatic hydroxyl groups excluding tert-OH is 1. The number of methoxy groups -OCH3 is 1. The molecule has 168 valence electrons. The van der Waals surface area contributed by atoms with Crippen molar-refractivity contribution in [2.45, 2.75) is 135 Å². The lowest BCUT2D eigenvalue weighted by Crippen LogP contribution is -2.16. The molecule has 0 bridgehead atoms. The lowest BCUT2D eigenvalue weighted by atomic mass is 9.94. The Labute approximate surface area is 176 Å². The summed E-state index contributed by atoms with van der Waals surface area (Å²) >= 11 is 0. The van der Waals surface area contributed by atoms with E-state index in [0.29, 0.717) is 6.61 Å². The number of ether oxygens (including phenoxy) is 1. The molecule has 3 nitrogen and oxygen atoms in total. The van der Waals surface area contributed by atoms with Crippen LogP contribution in [0.3, 0.4) is 0 Å². The average Bonchev–Trinajstić information content (AvgIpc) is 2.71. The van der Waals surface area contributed by atoms with Crippen LogP contribution in [0.2, 0.25) is 0 Å². The van der Waals surface area contributed by atoms with Crippen LogP contribution in [0.5, 0.6) is 0 Å². The van der Waals surface area contributed by atoms with Crippen molar-refractivity contribution in [2.75, 3.05) is 13.7 Å². The van der Waals surface area contributed by atoms with Crippen molar-refractivity contribution in [1.29, 1.82) is 0 Å². The fourth-order valence-corrected chi connectivity index (χ4v) is 3.99. The van der Waals surface area contributed by atoms with Gasteiger partial charge in [-0.05, 0) is 19.3 Å².